The largest absolute Gasteiger partial charge is 0.462 e. The third-order valence-electron chi connectivity index (χ3n) is 4.56. The molecule has 0 amide bonds. The molecular weight excluding hydrogens is 400 g/mol. The third kappa shape index (κ3) is 19.3. The summed E-state index contributed by atoms with van der Waals surface area (Å²) in [6.07, 6.45) is 9.67. The lowest BCUT2D eigenvalue weighted by Gasteiger charge is -2.13. The van der Waals surface area contributed by atoms with Crippen LogP contribution < -0.4 is 0 Å². The van der Waals surface area contributed by atoms with E-state index < -0.39 is 0 Å². The van der Waals surface area contributed by atoms with Gasteiger partial charge in [-0.15, -0.1) is 0 Å². The van der Waals surface area contributed by atoms with E-state index in [2.05, 4.69) is 71.7 Å². The molecule has 0 spiro atoms. The Morgan fingerprint density at radius 3 is 2.03 bits per heavy atom. The number of hydrogen-bond acceptors (Lipinski definition) is 4. The minimum Gasteiger partial charge on any atom is -0.462 e. The van der Waals surface area contributed by atoms with Crippen molar-refractivity contribution in [2.45, 2.75) is 73.1 Å². The van der Waals surface area contributed by atoms with E-state index in [9.17, 15) is 9.59 Å². The van der Waals surface area contributed by atoms with Gasteiger partial charge in [0.1, 0.15) is 0 Å². The van der Waals surface area contributed by atoms with E-state index in [-0.39, 0.29) is 11.9 Å². The van der Waals surface area contributed by atoms with Crippen LogP contribution in [-0.2, 0) is 19.1 Å². The van der Waals surface area contributed by atoms with Crippen LogP contribution in [0.2, 0.25) is 0 Å². The minimum atomic E-state index is -0.310. The summed E-state index contributed by atoms with van der Waals surface area (Å²) < 4.78 is 9.79. The van der Waals surface area contributed by atoms with E-state index in [4.69, 9.17) is 9.47 Å². The molecule has 4 nitrogen and oxygen atoms in total. The van der Waals surface area contributed by atoms with Crippen LogP contribution in [0.5, 0.6) is 0 Å². The van der Waals surface area contributed by atoms with E-state index in [1.165, 1.54) is 30.0 Å². The Morgan fingerprint density at radius 2 is 1.59 bits per heavy atom. The van der Waals surface area contributed by atoms with Gasteiger partial charge in [-0.25, -0.2) is 9.59 Å². The zero-order valence-electron chi connectivity index (χ0n) is 21.0. The average Bonchev–Trinajstić information content (AvgIpc) is 2.80. The summed E-state index contributed by atoms with van der Waals surface area (Å²) in [6.45, 7) is 21.6. The molecule has 0 aromatic heterocycles. The highest BCUT2D eigenvalue weighted by Crippen LogP contribution is 2.12. The highest BCUT2D eigenvalue weighted by Gasteiger charge is 2.07. The number of unbranched alkanes of at least 4 members (excludes halogenated alkanes) is 2. The van der Waals surface area contributed by atoms with Gasteiger partial charge >= 0.3 is 11.9 Å². The molecule has 0 N–H and O–H groups in total. The number of rotatable bonds is 12. The van der Waals surface area contributed by atoms with Crippen molar-refractivity contribution >= 4 is 18.0 Å². The molecule has 1 aromatic rings. The van der Waals surface area contributed by atoms with Crippen molar-refractivity contribution in [1.82, 2.24) is 0 Å². The Labute approximate surface area is 196 Å². The first-order valence-electron chi connectivity index (χ1n) is 11.6. The summed E-state index contributed by atoms with van der Waals surface area (Å²) in [5.41, 5.74) is 2.94. The van der Waals surface area contributed by atoms with Gasteiger partial charge in [0.25, 0.3) is 0 Å². The molecule has 0 aliphatic rings. The maximum absolute atomic E-state index is 10.8. The number of carbonyl (C=O) groups is 2. The molecule has 0 radical (unpaired) electrons. The van der Waals surface area contributed by atoms with Gasteiger partial charge in [0.05, 0.1) is 13.2 Å². The quantitative estimate of drug-likeness (QED) is 0.190. The summed E-state index contributed by atoms with van der Waals surface area (Å²) >= 11 is 0. The average molecular weight is 445 g/mol. The van der Waals surface area contributed by atoms with Gasteiger partial charge in [0.15, 0.2) is 0 Å². The molecular formula is C28H44O4. The smallest absolute Gasteiger partial charge is 0.333 e. The van der Waals surface area contributed by atoms with Crippen molar-refractivity contribution in [3.05, 3.63) is 66.8 Å². The van der Waals surface area contributed by atoms with Crippen molar-refractivity contribution in [2.75, 3.05) is 13.2 Å². The fraction of sp³-hybridized carbons (Fsp3) is 0.500. The van der Waals surface area contributed by atoms with Crippen LogP contribution in [0, 0.1) is 12.8 Å². The maximum atomic E-state index is 10.8. The van der Waals surface area contributed by atoms with Crippen molar-refractivity contribution in [3.63, 3.8) is 0 Å². The summed E-state index contributed by atoms with van der Waals surface area (Å²) in [5.74, 6) is -0.0766. The molecule has 0 aliphatic heterocycles. The van der Waals surface area contributed by atoms with Crippen molar-refractivity contribution in [1.29, 1.82) is 0 Å². The number of carbonyl (C=O) groups excluding carboxylic acids is 2. The van der Waals surface area contributed by atoms with Crippen LogP contribution in [-0.4, -0.2) is 25.2 Å². The van der Waals surface area contributed by atoms with E-state index in [0.29, 0.717) is 24.7 Å². The number of ether oxygens (including phenoxy) is 2. The topological polar surface area (TPSA) is 52.6 Å². The lowest BCUT2D eigenvalue weighted by molar-refractivity contribution is -0.140. The first kappa shape index (κ1) is 31.6. The number of esters is 2. The molecule has 32 heavy (non-hydrogen) atoms. The van der Waals surface area contributed by atoms with Crippen LogP contribution in [0.4, 0.5) is 0 Å². The zero-order valence-corrected chi connectivity index (χ0v) is 21.0. The lowest BCUT2D eigenvalue weighted by Crippen LogP contribution is -2.12. The Balaban J connectivity index is 0. The van der Waals surface area contributed by atoms with Crippen LogP contribution >= 0.6 is 0 Å². The highest BCUT2D eigenvalue weighted by atomic mass is 16.5. The lowest BCUT2D eigenvalue weighted by atomic mass is 10.0. The van der Waals surface area contributed by atoms with E-state index >= 15 is 0 Å². The SMILES string of the molecule is C=C(C)C(=O)OCCCC.C=CC(=O)OCC(CC)CCCC.C=Cc1ccc(C)cc1. The minimum absolute atomic E-state index is 0.284. The Hall–Kier alpha value is -2.62. The monoisotopic (exact) mass is 444 g/mol. The second-order valence-electron chi connectivity index (χ2n) is 7.64. The normalized spacial score (nSPS) is 10.3. The molecule has 1 atom stereocenters. The van der Waals surface area contributed by atoms with E-state index in [0.717, 1.165) is 25.7 Å². The first-order valence-corrected chi connectivity index (χ1v) is 11.6. The van der Waals surface area contributed by atoms with Crippen molar-refractivity contribution in [3.8, 4) is 0 Å². The Bertz CT molecular complexity index is 659. The molecule has 0 bridgehead atoms. The zero-order chi connectivity index (χ0) is 24.8. The Morgan fingerprint density at radius 1 is 1.00 bits per heavy atom. The standard InChI is InChI=1S/C11H20O2.C9H10.C8H14O2/c1-4-7-8-10(5-2)9-13-11(12)6-3;1-3-9-6-4-8(2)5-7-9;1-4-5-6-10-8(9)7(2)3/h6,10H,3-5,7-9H2,1-2H3;3-7H,1H2,2H3;2,4-6H2,1,3H3. The fourth-order valence-electron chi connectivity index (χ4n) is 2.29. The van der Waals surface area contributed by atoms with Gasteiger partial charge in [0.2, 0.25) is 0 Å². The summed E-state index contributed by atoms with van der Waals surface area (Å²) in [7, 11) is 0. The Kier molecular flexibility index (Phi) is 21.3. The van der Waals surface area contributed by atoms with Gasteiger partial charge in [-0.3, -0.25) is 0 Å². The fourth-order valence-corrected chi connectivity index (χ4v) is 2.29. The molecule has 1 rings (SSSR count). The third-order valence-corrected chi connectivity index (χ3v) is 4.56. The first-order chi connectivity index (χ1) is 15.2. The van der Waals surface area contributed by atoms with E-state index in [1.807, 2.05) is 6.08 Å². The molecule has 1 aromatic carbocycles. The second-order valence-corrected chi connectivity index (χ2v) is 7.64. The number of hydrogen-bond donors (Lipinski definition) is 0. The van der Waals surface area contributed by atoms with Gasteiger partial charge < -0.3 is 9.47 Å². The predicted octanol–water partition coefficient (Wildman–Crippen LogP) is 7.48. The van der Waals surface area contributed by atoms with Crippen molar-refractivity contribution in [2.24, 2.45) is 5.92 Å². The van der Waals surface area contributed by atoms with Crippen molar-refractivity contribution < 1.29 is 19.1 Å². The van der Waals surface area contributed by atoms with E-state index in [1.54, 1.807) is 6.92 Å². The molecule has 0 saturated carbocycles. The van der Waals surface area contributed by atoms with Crippen LogP contribution in [0.1, 0.15) is 77.3 Å². The van der Waals surface area contributed by atoms with Crippen LogP contribution in [0.25, 0.3) is 6.08 Å². The summed E-state index contributed by atoms with van der Waals surface area (Å²) in [6, 6.07) is 8.28. The molecule has 4 heteroatoms. The molecule has 0 fully saturated rings. The van der Waals surface area contributed by atoms with Gasteiger partial charge in [-0.2, -0.15) is 0 Å². The van der Waals surface area contributed by atoms with Gasteiger partial charge in [0, 0.05) is 11.6 Å². The van der Waals surface area contributed by atoms with Crippen LogP contribution in [0.3, 0.4) is 0 Å². The second kappa shape index (κ2) is 21.6. The molecule has 180 valence electrons. The molecule has 0 saturated heterocycles. The molecule has 1 unspecified atom stereocenters. The predicted molar refractivity (Wildman–Crippen MR) is 136 cm³/mol. The number of benzene rings is 1. The van der Waals surface area contributed by atoms with Gasteiger partial charge in [-0.05, 0) is 38.2 Å². The van der Waals surface area contributed by atoms with Crippen LogP contribution in [0.15, 0.2) is 55.7 Å². The molecule has 0 aliphatic carbocycles. The summed E-state index contributed by atoms with van der Waals surface area (Å²) in [5, 5.41) is 0. The molecule has 0 heterocycles. The summed E-state index contributed by atoms with van der Waals surface area (Å²) in [4.78, 5) is 21.5. The highest BCUT2D eigenvalue weighted by molar-refractivity contribution is 5.86. The number of aryl methyl sites for hydroxylation is 1. The van der Waals surface area contributed by atoms with Gasteiger partial charge in [-0.1, -0.05) is 102 Å². The maximum Gasteiger partial charge on any atom is 0.333 e.